The van der Waals surface area contributed by atoms with Gasteiger partial charge in [0.15, 0.2) is 0 Å². The molecule has 3 rings (SSSR count). The van der Waals surface area contributed by atoms with Gasteiger partial charge in [-0.1, -0.05) is 0 Å². The Balaban J connectivity index is 2.08. The first-order valence-electron chi connectivity index (χ1n) is 4.21. The number of aliphatic carboxylic acids is 1. The zero-order valence-corrected chi connectivity index (χ0v) is 6.38. The summed E-state index contributed by atoms with van der Waals surface area (Å²) in [7, 11) is 0. The molecule has 1 N–H and O–H groups in total. The molecule has 3 unspecified atom stereocenters. The molecule has 2 aliphatic heterocycles. The Hall–Kier alpha value is -0.570. The third-order valence-electron chi connectivity index (χ3n) is 2.93. The quantitative estimate of drug-likeness (QED) is 0.534. The number of fused-ring (bicyclic) bond motifs is 3. The van der Waals surface area contributed by atoms with Gasteiger partial charge in [-0.25, -0.2) is 0 Å². The molecule has 3 nitrogen and oxygen atoms in total. The Morgan fingerprint density at radius 1 is 1.45 bits per heavy atom. The van der Waals surface area contributed by atoms with Gasteiger partial charge in [-0.05, 0) is 31.7 Å². The molecule has 3 heteroatoms. The highest BCUT2D eigenvalue weighted by Crippen LogP contribution is 2.32. The second-order valence-electron chi connectivity index (χ2n) is 3.62. The van der Waals surface area contributed by atoms with E-state index < -0.39 is 5.97 Å². The van der Waals surface area contributed by atoms with Gasteiger partial charge in [-0.15, -0.1) is 0 Å². The first-order chi connectivity index (χ1) is 5.27. The number of carboxylic acids is 1. The number of carbonyl (C=O) groups excluding carboxylic acids is 1. The van der Waals surface area contributed by atoms with E-state index in [-0.39, 0.29) is 12.0 Å². The van der Waals surface area contributed by atoms with E-state index in [0.29, 0.717) is 5.92 Å². The molecule has 3 atom stereocenters. The lowest BCUT2D eigenvalue weighted by atomic mass is 9.74. The van der Waals surface area contributed by atoms with Crippen molar-refractivity contribution in [2.45, 2.75) is 25.3 Å². The lowest BCUT2D eigenvalue weighted by Crippen LogP contribution is -2.55. The number of hydrogen-bond acceptors (Lipinski definition) is 3. The molecule has 3 fully saturated rings. The summed E-state index contributed by atoms with van der Waals surface area (Å²) in [5.41, 5.74) is 0. The summed E-state index contributed by atoms with van der Waals surface area (Å²) in [6.07, 6.45) is 3.05. The normalized spacial score (nSPS) is 42.4. The summed E-state index contributed by atoms with van der Waals surface area (Å²) < 4.78 is 0. The van der Waals surface area contributed by atoms with E-state index >= 15 is 0 Å². The van der Waals surface area contributed by atoms with Gasteiger partial charge in [0.1, 0.15) is 0 Å². The maximum Gasteiger partial charge on any atom is 0.0460 e. The van der Waals surface area contributed by atoms with E-state index in [1.807, 2.05) is 0 Å². The summed E-state index contributed by atoms with van der Waals surface area (Å²) in [6, 6.07) is 0.199. The minimum atomic E-state index is -0.869. The fraction of sp³-hybridized carbons (Fsp3) is 0.875. The molecule has 0 aromatic carbocycles. The van der Waals surface area contributed by atoms with Crippen molar-refractivity contribution in [3.05, 3.63) is 0 Å². The van der Waals surface area contributed by atoms with Crippen LogP contribution in [0.25, 0.3) is 0 Å². The number of piperidine rings is 2. The highest BCUT2D eigenvalue weighted by atomic mass is 16.4. The summed E-state index contributed by atoms with van der Waals surface area (Å²) in [6.45, 7) is 1.01. The average Bonchev–Trinajstić information content (AvgIpc) is 2.06. The molecular weight excluding hydrogens is 142 g/mol. The van der Waals surface area contributed by atoms with Crippen molar-refractivity contribution in [2.24, 2.45) is 11.8 Å². The molecule has 1 aliphatic carbocycles. The SMILES string of the molecule is O=C([O-])C1CC2CCC1NC2. The number of carboxylic acid groups (broad SMARTS) is 1. The van der Waals surface area contributed by atoms with Gasteiger partial charge < -0.3 is 15.2 Å². The topological polar surface area (TPSA) is 52.2 Å². The first kappa shape index (κ1) is 7.10. The van der Waals surface area contributed by atoms with Crippen molar-refractivity contribution in [3.8, 4) is 0 Å². The molecule has 2 saturated heterocycles. The second-order valence-corrected chi connectivity index (χ2v) is 3.62. The van der Waals surface area contributed by atoms with Crippen LogP contribution < -0.4 is 10.4 Å². The molecule has 0 aromatic rings. The Labute approximate surface area is 65.8 Å². The summed E-state index contributed by atoms with van der Waals surface area (Å²) >= 11 is 0. The minimum Gasteiger partial charge on any atom is -0.550 e. The van der Waals surface area contributed by atoms with E-state index in [2.05, 4.69) is 5.32 Å². The largest absolute Gasteiger partial charge is 0.550 e. The van der Waals surface area contributed by atoms with Crippen molar-refractivity contribution in [1.29, 1.82) is 0 Å². The molecule has 0 spiro atoms. The van der Waals surface area contributed by atoms with E-state index in [1.165, 1.54) is 6.42 Å². The van der Waals surface area contributed by atoms with Crippen LogP contribution in [0.1, 0.15) is 19.3 Å². The van der Waals surface area contributed by atoms with Crippen LogP contribution in [0.2, 0.25) is 0 Å². The van der Waals surface area contributed by atoms with Crippen LogP contribution in [0.3, 0.4) is 0 Å². The maximum atomic E-state index is 10.6. The monoisotopic (exact) mass is 154 g/mol. The number of rotatable bonds is 1. The lowest BCUT2D eigenvalue weighted by Gasteiger charge is -2.43. The molecule has 1 saturated carbocycles. The molecule has 2 bridgehead atoms. The Morgan fingerprint density at radius 2 is 2.27 bits per heavy atom. The third kappa shape index (κ3) is 1.13. The van der Waals surface area contributed by atoms with Gasteiger partial charge in [0.2, 0.25) is 0 Å². The van der Waals surface area contributed by atoms with Crippen molar-refractivity contribution in [3.63, 3.8) is 0 Å². The average molecular weight is 154 g/mol. The zero-order chi connectivity index (χ0) is 7.84. The van der Waals surface area contributed by atoms with Crippen LogP contribution >= 0.6 is 0 Å². The van der Waals surface area contributed by atoms with Gasteiger partial charge in [0.05, 0.1) is 0 Å². The van der Waals surface area contributed by atoms with Crippen molar-refractivity contribution in [2.75, 3.05) is 6.54 Å². The van der Waals surface area contributed by atoms with Crippen LogP contribution in [-0.4, -0.2) is 18.6 Å². The lowest BCUT2D eigenvalue weighted by molar-refractivity contribution is -0.314. The molecule has 11 heavy (non-hydrogen) atoms. The van der Waals surface area contributed by atoms with Crippen LogP contribution in [0.15, 0.2) is 0 Å². The van der Waals surface area contributed by atoms with E-state index in [4.69, 9.17) is 0 Å². The summed E-state index contributed by atoms with van der Waals surface area (Å²) in [4.78, 5) is 10.6. The Bertz CT molecular complexity index is 173. The number of nitrogens with one attached hydrogen (secondary N) is 1. The van der Waals surface area contributed by atoms with E-state index in [0.717, 1.165) is 19.4 Å². The minimum absolute atomic E-state index is 0.199. The fourth-order valence-corrected chi connectivity index (χ4v) is 2.27. The predicted molar refractivity (Wildman–Crippen MR) is 37.6 cm³/mol. The zero-order valence-electron chi connectivity index (χ0n) is 6.38. The van der Waals surface area contributed by atoms with E-state index in [9.17, 15) is 9.90 Å². The third-order valence-corrected chi connectivity index (χ3v) is 2.93. The Morgan fingerprint density at radius 3 is 2.55 bits per heavy atom. The van der Waals surface area contributed by atoms with Crippen LogP contribution in [0.4, 0.5) is 0 Å². The van der Waals surface area contributed by atoms with Gasteiger partial charge >= 0.3 is 0 Å². The van der Waals surface area contributed by atoms with Crippen molar-refractivity contribution in [1.82, 2.24) is 5.32 Å². The van der Waals surface area contributed by atoms with Crippen LogP contribution in [0.5, 0.6) is 0 Å². The molecule has 0 radical (unpaired) electrons. The maximum absolute atomic E-state index is 10.6. The highest BCUT2D eigenvalue weighted by molar-refractivity contribution is 5.69. The smallest absolute Gasteiger partial charge is 0.0460 e. The molecule has 3 aliphatic rings. The summed E-state index contributed by atoms with van der Waals surface area (Å²) in [5.74, 6) is -0.502. The number of hydrogen-bond donors (Lipinski definition) is 1. The molecule has 0 aromatic heterocycles. The highest BCUT2D eigenvalue weighted by Gasteiger charge is 2.35. The van der Waals surface area contributed by atoms with Gasteiger partial charge in [-0.2, -0.15) is 0 Å². The first-order valence-corrected chi connectivity index (χ1v) is 4.21. The molecule has 62 valence electrons. The van der Waals surface area contributed by atoms with Gasteiger partial charge in [0.25, 0.3) is 0 Å². The standard InChI is InChI=1S/C8H13NO2/c10-8(11)6-3-5-1-2-7(6)9-4-5/h5-7,9H,1-4H2,(H,10,11)/p-1. The molecular formula is C8H12NO2-. The summed E-state index contributed by atoms with van der Waals surface area (Å²) in [5, 5.41) is 13.8. The fourth-order valence-electron chi connectivity index (χ4n) is 2.27. The van der Waals surface area contributed by atoms with Crippen molar-refractivity contribution < 1.29 is 9.90 Å². The van der Waals surface area contributed by atoms with E-state index in [1.54, 1.807) is 0 Å². The van der Waals surface area contributed by atoms with Crippen LogP contribution in [-0.2, 0) is 4.79 Å². The predicted octanol–water partition coefficient (Wildman–Crippen LogP) is -0.876. The molecule has 0 amide bonds. The second kappa shape index (κ2) is 2.48. The van der Waals surface area contributed by atoms with Crippen LogP contribution in [0, 0.1) is 11.8 Å². The Kier molecular flexibility index (Phi) is 1.60. The molecule has 2 heterocycles. The number of carbonyl (C=O) groups is 1. The van der Waals surface area contributed by atoms with Gasteiger partial charge in [0, 0.05) is 17.9 Å². The van der Waals surface area contributed by atoms with Gasteiger partial charge in [-0.3, -0.25) is 0 Å². The van der Waals surface area contributed by atoms with Crippen molar-refractivity contribution >= 4 is 5.97 Å².